The smallest absolute Gasteiger partial charge is 0.292 e. The van der Waals surface area contributed by atoms with Gasteiger partial charge in [0.2, 0.25) is 0 Å². The minimum atomic E-state index is -4.23. The van der Waals surface area contributed by atoms with E-state index in [1.807, 2.05) is 0 Å². The van der Waals surface area contributed by atoms with Crippen LogP contribution in [0.3, 0.4) is 0 Å². The molecule has 1 aromatic rings. The van der Waals surface area contributed by atoms with Crippen molar-refractivity contribution in [3.63, 3.8) is 0 Å². The number of aliphatic imine (C=N–C) groups is 1. The minimum Gasteiger partial charge on any atom is -0.292 e. The Bertz CT molecular complexity index is 426. The summed E-state index contributed by atoms with van der Waals surface area (Å²) in [6, 6.07) is 3.20. The van der Waals surface area contributed by atoms with Gasteiger partial charge in [-0.15, -0.1) is 0 Å². The molecule has 0 aromatic heterocycles. The van der Waals surface area contributed by atoms with Crippen molar-refractivity contribution in [2.75, 3.05) is 6.54 Å². The van der Waals surface area contributed by atoms with Gasteiger partial charge in [0, 0.05) is 18.3 Å². The van der Waals surface area contributed by atoms with E-state index in [2.05, 4.69) is 20.9 Å². The molecule has 0 fully saturated rings. The Morgan fingerprint density at radius 2 is 2.00 bits per heavy atom. The summed E-state index contributed by atoms with van der Waals surface area (Å²) in [4.78, 5) is 3.58. The van der Waals surface area contributed by atoms with Gasteiger partial charge in [0.15, 0.2) is 0 Å². The monoisotopic (exact) mass is 311 g/mol. The van der Waals surface area contributed by atoms with Gasteiger partial charge in [-0.3, -0.25) is 4.99 Å². The van der Waals surface area contributed by atoms with Crippen LogP contribution < -0.4 is 0 Å². The highest BCUT2D eigenvalue weighted by Gasteiger charge is 2.25. The molecule has 0 aliphatic rings. The quantitative estimate of drug-likeness (QED) is 0.584. The molecule has 0 heterocycles. The van der Waals surface area contributed by atoms with Crippen molar-refractivity contribution in [2.24, 2.45) is 4.99 Å². The molecule has 0 aliphatic heterocycles. The van der Waals surface area contributed by atoms with Gasteiger partial charge < -0.3 is 0 Å². The Kier molecular flexibility index (Phi) is 4.68. The predicted octanol–water partition coefficient (Wildman–Crippen LogP) is 4.27. The van der Waals surface area contributed by atoms with Gasteiger partial charge in [0.05, 0.1) is 10.9 Å². The second-order valence-electron chi connectivity index (χ2n) is 3.49. The van der Waals surface area contributed by atoms with Crippen molar-refractivity contribution in [2.45, 2.75) is 19.5 Å². The van der Waals surface area contributed by atoms with E-state index in [1.54, 1.807) is 13.0 Å². The van der Waals surface area contributed by atoms with Crippen LogP contribution in [0.25, 0.3) is 0 Å². The number of nitrogens with zero attached hydrogens (tertiary/aromatic N) is 1. The number of halogens is 5. The van der Waals surface area contributed by atoms with E-state index >= 15 is 0 Å². The normalized spacial score (nSPS) is 12.4. The zero-order valence-corrected chi connectivity index (χ0v) is 10.6. The van der Waals surface area contributed by atoms with Crippen molar-refractivity contribution < 1.29 is 17.6 Å². The van der Waals surface area contributed by atoms with E-state index in [-0.39, 0.29) is 10.0 Å². The van der Waals surface area contributed by atoms with E-state index in [1.165, 1.54) is 6.07 Å². The van der Waals surface area contributed by atoms with Crippen molar-refractivity contribution in [1.82, 2.24) is 0 Å². The Morgan fingerprint density at radius 1 is 1.35 bits per heavy atom. The number of hydrogen-bond donors (Lipinski definition) is 0. The Hall–Kier alpha value is -0.910. The lowest BCUT2D eigenvalue weighted by molar-refractivity contribution is -0.132. The number of aryl methyl sites for hydroxylation is 1. The number of benzene rings is 1. The molecule has 0 saturated heterocycles. The van der Waals surface area contributed by atoms with Gasteiger partial charge in [-0.2, -0.15) is 13.2 Å². The van der Waals surface area contributed by atoms with Gasteiger partial charge in [-0.05, 0) is 34.5 Å². The molecule has 0 saturated carbocycles. The maximum Gasteiger partial charge on any atom is 0.390 e. The number of hydrogen-bond acceptors (Lipinski definition) is 1. The fourth-order valence-corrected chi connectivity index (χ4v) is 1.51. The molecule has 1 rings (SSSR count). The first kappa shape index (κ1) is 14.2. The van der Waals surface area contributed by atoms with Gasteiger partial charge in [-0.25, -0.2) is 4.39 Å². The van der Waals surface area contributed by atoms with Crippen molar-refractivity contribution in [3.8, 4) is 0 Å². The first-order chi connectivity index (χ1) is 7.81. The van der Waals surface area contributed by atoms with Crippen LogP contribution in [0.5, 0.6) is 0 Å². The van der Waals surface area contributed by atoms with E-state index in [4.69, 9.17) is 0 Å². The van der Waals surface area contributed by atoms with E-state index in [0.717, 1.165) is 6.21 Å². The third kappa shape index (κ3) is 4.46. The van der Waals surface area contributed by atoms with Crippen LogP contribution in [-0.4, -0.2) is 18.9 Å². The van der Waals surface area contributed by atoms with Crippen LogP contribution in [0.1, 0.15) is 17.5 Å². The highest BCUT2D eigenvalue weighted by molar-refractivity contribution is 9.10. The Morgan fingerprint density at radius 3 is 2.59 bits per heavy atom. The maximum atomic E-state index is 13.6. The average molecular weight is 312 g/mol. The zero-order chi connectivity index (χ0) is 13.1. The largest absolute Gasteiger partial charge is 0.390 e. The van der Waals surface area contributed by atoms with Crippen LogP contribution in [0.2, 0.25) is 0 Å². The van der Waals surface area contributed by atoms with Crippen molar-refractivity contribution >= 4 is 22.1 Å². The van der Waals surface area contributed by atoms with Crippen LogP contribution in [0, 0.1) is 12.7 Å². The molecule has 0 spiro atoms. The van der Waals surface area contributed by atoms with Gasteiger partial charge in [0.1, 0.15) is 5.82 Å². The van der Waals surface area contributed by atoms with Crippen molar-refractivity contribution in [1.29, 1.82) is 0 Å². The lowest BCUT2D eigenvalue weighted by Gasteiger charge is -2.04. The van der Waals surface area contributed by atoms with Crippen LogP contribution in [0.4, 0.5) is 17.6 Å². The molecular formula is C11H10BrF4N. The molecule has 0 bridgehead atoms. The standard InChI is InChI=1S/C11H10BrF4N/c1-7-2-3-9(12)10(13)8(7)6-17-5-4-11(14,15)16/h2-3,6H,4-5H2,1H3. The molecule has 0 atom stereocenters. The molecule has 1 aromatic carbocycles. The molecule has 17 heavy (non-hydrogen) atoms. The number of alkyl halides is 3. The maximum absolute atomic E-state index is 13.6. The summed E-state index contributed by atoms with van der Waals surface area (Å²) in [7, 11) is 0. The predicted molar refractivity (Wildman–Crippen MR) is 62.0 cm³/mol. The lowest BCUT2D eigenvalue weighted by atomic mass is 10.1. The molecule has 0 amide bonds. The van der Waals surface area contributed by atoms with Crippen molar-refractivity contribution in [3.05, 3.63) is 33.5 Å². The minimum absolute atomic E-state index is 0.210. The van der Waals surface area contributed by atoms with E-state index < -0.39 is 25.0 Å². The van der Waals surface area contributed by atoms with Gasteiger partial charge in [-0.1, -0.05) is 6.07 Å². The summed E-state index contributed by atoms with van der Waals surface area (Å²) in [6.07, 6.45) is -4.10. The molecule has 0 aliphatic carbocycles. The SMILES string of the molecule is Cc1ccc(Br)c(F)c1C=NCCC(F)(F)F. The second-order valence-corrected chi connectivity index (χ2v) is 4.35. The summed E-state index contributed by atoms with van der Waals surface area (Å²) in [5.41, 5.74) is 0.836. The molecule has 0 radical (unpaired) electrons. The van der Waals surface area contributed by atoms with Crippen LogP contribution in [0.15, 0.2) is 21.6 Å². The first-order valence-electron chi connectivity index (χ1n) is 4.82. The third-order valence-electron chi connectivity index (χ3n) is 2.10. The summed E-state index contributed by atoms with van der Waals surface area (Å²) in [5, 5.41) is 0. The fourth-order valence-electron chi connectivity index (χ4n) is 1.17. The zero-order valence-electron chi connectivity index (χ0n) is 8.98. The van der Waals surface area contributed by atoms with E-state index in [9.17, 15) is 17.6 Å². The fraction of sp³-hybridized carbons (Fsp3) is 0.364. The average Bonchev–Trinajstić information content (AvgIpc) is 2.21. The first-order valence-corrected chi connectivity index (χ1v) is 5.62. The second kappa shape index (κ2) is 5.62. The molecule has 6 heteroatoms. The topological polar surface area (TPSA) is 12.4 Å². The van der Waals surface area contributed by atoms with E-state index in [0.29, 0.717) is 5.56 Å². The Balaban J connectivity index is 2.75. The molecule has 0 N–H and O–H groups in total. The summed E-state index contributed by atoms with van der Waals surface area (Å²) in [5.74, 6) is -0.513. The lowest BCUT2D eigenvalue weighted by Crippen LogP contribution is -2.08. The highest BCUT2D eigenvalue weighted by Crippen LogP contribution is 2.21. The summed E-state index contributed by atoms with van der Waals surface area (Å²) in [6.45, 7) is 1.27. The van der Waals surface area contributed by atoms with Gasteiger partial charge >= 0.3 is 6.18 Å². The summed E-state index contributed by atoms with van der Waals surface area (Å²) < 4.78 is 49.4. The van der Waals surface area contributed by atoms with Gasteiger partial charge in [0.25, 0.3) is 0 Å². The van der Waals surface area contributed by atoms with Crippen LogP contribution >= 0.6 is 15.9 Å². The molecular weight excluding hydrogens is 302 g/mol. The molecule has 1 nitrogen and oxygen atoms in total. The van der Waals surface area contributed by atoms with Crippen LogP contribution in [-0.2, 0) is 0 Å². The number of rotatable bonds is 3. The molecule has 0 unspecified atom stereocenters. The highest BCUT2D eigenvalue weighted by atomic mass is 79.9. The molecule has 94 valence electrons. The third-order valence-corrected chi connectivity index (χ3v) is 2.71. The Labute approximate surface area is 105 Å². The summed E-state index contributed by atoms with van der Waals surface area (Å²) >= 11 is 3.00.